The highest BCUT2D eigenvalue weighted by molar-refractivity contribution is 7.10. The second-order valence-electron chi connectivity index (χ2n) is 5.66. The van der Waals surface area contributed by atoms with Gasteiger partial charge in [-0.3, -0.25) is 9.80 Å². The largest absolute Gasteiger partial charge is 0.444 e. The summed E-state index contributed by atoms with van der Waals surface area (Å²) in [5, 5.41) is 4.09. The first-order valence-electron chi connectivity index (χ1n) is 7.48. The van der Waals surface area contributed by atoms with Gasteiger partial charge in [0.05, 0.1) is 12.7 Å². The number of oxazole rings is 1. The van der Waals surface area contributed by atoms with Crippen molar-refractivity contribution in [3.05, 3.63) is 27.9 Å². The monoisotopic (exact) mass is 341 g/mol. The molecule has 0 bridgehead atoms. The lowest BCUT2D eigenvalue weighted by Gasteiger charge is -2.23. The molecule has 0 spiro atoms. The zero-order valence-electron chi connectivity index (χ0n) is 12.8. The van der Waals surface area contributed by atoms with Crippen LogP contribution >= 0.6 is 23.1 Å². The lowest BCUT2D eigenvalue weighted by Crippen LogP contribution is -2.34. The van der Waals surface area contributed by atoms with Crippen LogP contribution in [0.4, 0.5) is 0 Å². The van der Waals surface area contributed by atoms with Crippen LogP contribution in [-0.2, 0) is 19.5 Å². The van der Waals surface area contributed by atoms with Crippen molar-refractivity contribution in [3.8, 4) is 0 Å². The van der Waals surface area contributed by atoms with E-state index in [9.17, 15) is 0 Å². The van der Waals surface area contributed by atoms with Gasteiger partial charge in [0.2, 0.25) is 5.89 Å². The van der Waals surface area contributed by atoms with E-state index < -0.39 is 0 Å². The van der Waals surface area contributed by atoms with Crippen molar-refractivity contribution in [3.63, 3.8) is 0 Å². The molecule has 0 amide bonds. The molecule has 1 atom stereocenters. The molecule has 2 aromatic heterocycles. The van der Waals surface area contributed by atoms with Crippen LogP contribution in [-0.4, -0.2) is 50.5 Å². The molecule has 0 unspecified atom stereocenters. The van der Waals surface area contributed by atoms with Crippen molar-refractivity contribution < 1.29 is 4.42 Å². The van der Waals surface area contributed by atoms with Gasteiger partial charge in [-0.25, -0.2) is 4.98 Å². The number of hydrogen-bond donors (Lipinski definition) is 0. The fourth-order valence-corrected chi connectivity index (χ4v) is 3.36. The van der Waals surface area contributed by atoms with E-state index in [0.29, 0.717) is 10.4 Å². The summed E-state index contributed by atoms with van der Waals surface area (Å²) in [5.74, 6) is 1.74. The van der Waals surface area contributed by atoms with E-state index in [1.165, 1.54) is 11.5 Å². The fourth-order valence-electron chi connectivity index (χ4n) is 2.75. The van der Waals surface area contributed by atoms with Gasteiger partial charge in [-0.05, 0) is 13.5 Å². The third-order valence-corrected chi connectivity index (χ3v) is 5.07. The predicted molar refractivity (Wildman–Crippen MR) is 85.9 cm³/mol. The van der Waals surface area contributed by atoms with Gasteiger partial charge in [-0.1, -0.05) is 23.0 Å². The molecule has 120 valence electrons. The summed E-state index contributed by atoms with van der Waals surface area (Å²) < 4.78 is 10.3. The van der Waals surface area contributed by atoms with E-state index in [2.05, 4.69) is 38.3 Å². The van der Waals surface area contributed by atoms with Crippen LogP contribution in [0.1, 0.15) is 30.7 Å². The Balaban J connectivity index is 1.52. The smallest absolute Gasteiger partial charge is 0.208 e. The van der Waals surface area contributed by atoms with E-state index in [4.69, 9.17) is 16.0 Å². The molecule has 0 radical (unpaired) electrons. The average Bonchev–Trinajstić information content (AvgIpc) is 3.22. The number of rotatable bonds is 6. The SMILES string of the molecule is CCc1cnc(CN(C)[C@H]2CCN(Cc3nnsc3Cl)C2)o1. The van der Waals surface area contributed by atoms with E-state index >= 15 is 0 Å². The Morgan fingerprint density at radius 2 is 2.41 bits per heavy atom. The van der Waals surface area contributed by atoms with Crippen LogP contribution < -0.4 is 0 Å². The van der Waals surface area contributed by atoms with Crippen LogP contribution in [0.15, 0.2) is 10.6 Å². The Morgan fingerprint density at radius 3 is 3.09 bits per heavy atom. The van der Waals surface area contributed by atoms with Crippen molar-refractivity contribution >= 4 is 23.1 Å². The van der Waals surface area contributed by atoms with Gasteiger partial charge in [0.25, 0.3) is 0 Å². The number of hydrogen-bond acceptors (Lipinski definition) is 7. The normalized spacial score (nSPS) is 19.4. The third-order valence-electron chi connectivity index (χ3n) is 4.09. The van der Waals surface area contributed by atoms with Crippen LogP contribution in [0.2, 0.25) is 4.34 Å². The van der Waals surface area contributed by atoms with E-state index in [-0.39, 0.29) is 0 Å². The molecule has 6 nitrogen and oxygen atoms in total. The highest BCUT2D eigenvalue weighted by Gasteiger charge is 2.27. The second-order valence-corrected chi connectivity index (χ2v) is 7.02. The molecule has 0 saturated carbocycles. The lowest BCUT2D eigenvalue weighted by molar-refractivity contribution is 0.203. The quantitative estimate of drug-likeness (QED) is 0.804. The maximum Gasteiger partial charge on any atom is 0.208 e. The van der Waals surface area contributed by atoms with E-state index in [1.807, 2.05) is 6.20 Å². The predicted octanol–water partition coefficient (Wildman–Crippen LogP) is 2.45. The third kappa shape index (κ3) is 3.65. The molecule has 2 aromatic rings. The van der Waals surface area contributed by atoms with Crippen LogP contribution in [0, 0.1) is 0 Å². The second kappa shape index (κ2) is 7.04. The summed E-state index contributed by atoms with van der Waals surface area (Å²) in [6.45, 7) is 5.65. The minimum Gasteiger partial charge on any atom is -0.444 e. The molecule has 3 rings (SSSR count). The first kappa shape index (κ1) is 15.9. The molecule has 1 aliphatic rings. The summed E-state index contributed by atoms with van der Waals surface area (Å²) in [6, 6.07) is 0.502. The molecular formula is C14H20ClN5OS. The lowest BCUT2D eigenvalue weighted by atomic mass is 10.2. The summed E-state index contributed by atoms with van der Waals surface area (Å²) in [7, 11) is 2.13. The average molecular weight is 342 g/mol. The fraction of sp³-hybridized carbons (Fsp3) is 0.643. The molecular weight excluding hydrogens is 322 g/mol. The molecule has 0 N–H and O–H groups in total. The highest BCUT2D eigenvalue weighted by atomic mass is 35.5. The number of likely N-dealkylation sites (N-methyl/N-ethyl adjacent to an activating group) is 1. The Kier molecular flexibility index (Phi) is 5.07. The number of aryl methyl sites for hydroxylation is 1. The van der Waals surface area contributed by atoms with Gasteiger partial charge >= 0.3 is 0 Å². The Hall–Kier alpha value is -1.02. The molecule has 1 fully saturated rings. The van der Waals surface area contributed by atoms with Crippen molar-refractivity contribution in [2.75, 3.05) is 20.1 Å². The summed E-state index contributed by atoms with van der Waals surface area (Å²) in [6.07, 6.45) is 3.84. The van der Waals surface area contributed by atoms with E-state index in [1.54, 1.807) is 0 Å². The molecule has 0 aromatic carbocycles. The molecule has 8 heteroatoms. The first-order chi connectivity index (χ1) is 10.7. The van der Waals surface area contributed by atoms with Gasteiger partial charge in [-0.2, -0.15) is 0 Å². The van der Waals surface area contributed by atoms with Crippen molar-refractivity contribution in [2.45, 2.75) is 38.9 Å². The van der Waals surface area contributed by atoms with E-state index in [0.717, 1.165) is 56.4 Å². The van der Waals surface area contributed by atoms with Crippen molar-refractivity contribution in [1.82, 2.24) is 24.4 Å². The number of likely N-dealkylation sites (tertiary alicyclic amines) is 1. The minimum atomic E-state index is 0.502. The molecule has 22 heavy (non-hydrogen) atoms. The maximum absolute atomic E-state index is 6.08. The van der Waals surface area contributed by atoms with Gasteiger partial charge in [-0.15, -0.1) is 5.10 Å². The topological polar surface area (TPSA) is 58.3 Å². The highest BCUT2D eigenvalue weighted by Crippen LogP contribution is 2.23. The zero-order chi connectivity index (χ0) is 15.5. The Morgan fingerprint density at radius 1 is 1.55 bits per heavy atom. The van der Waals surface area contributed by atoms with Crippen molar-refractivity contribution in [2.24, 2.45) is 0 Å². The van der Waals surface area contributed by atoms with Gasteiger partial charge in [0, 0.05) is 43.6 Å². The van der Waals surface area contributed by atoms with Crippen molar-refractivity contribution in [1.29, 1.82) is 0 Å². The Labute approximate surface area is 139 Å². The molecule has 1 aliphatic heterocycles. The molecule has 1 saturated heterocycles. The van der Waals surface area contributed by atoms with Gasteiger partial charge in [0.15, 0.2) is 0 Å². The standard InChI is InChI=1S/C14H20ClN5OS/c1-3-11-6-16-13(21-11)9-19(2)10-4-5-20(7-10)8-12-14(15)22-18-17-12/h6,10H,3-5,7-9H2,1-2H3/t10-/m0/s1. The van der Waals surface area contributed by atoms with Gasteiger partial charge < -0.3 is 4.42 Å². The van der Waals surface area contributed by atoms with Crippen LogP contribution in [0.3, 0.4) is 0 Å². The van der Waals surface area contributed by atoms with Gasteiger partial charge in [0.1, 0.15) is 15.8 Å². The van der Waals surface area contributed by atoms with Crippen LogP contribution in [0.25, 0.3) is 0 Å². The maximum atomic E-state index is 6.08. The number of aromatic nitrogens is 3. The molecule has 0 aliphatic carbocycles. The summed E-state index contributed by atoms with van der Waals surface area (Å²) in [4.78, 5) is 9.02. The first-order valence-corrected chi connectivity index (χ1v) is 8.63. The minimum absolute atomic E-state index is 0.502. The number of nitrogens with zero attached hydrogens (tertiary/aromatic N) is 5. The summed E-state index contributed by atoms with van der Waals surface area (Å²) in [5.41, 5.74) is 0.884. The van der Waals surface area contributed by atoms with Crippen LogP contribution in [0.5, 0.6) is 0 Å². The summed E-state index contributed by atoms with van der Waals surface area (Å²) >= 11 is 7.32. The number of halogens is 1. The molecule has 3 heterocycles. The zero-order valence-corrected chi connectivity index (χ0v) is 14.4. The Bertz CT molecular complexity index is 616.